The number of hydrogen-bond donors (Lipinski definition) is 2. The molecule has 0 aliphatic carbocycles. The summed E-state index contributed by atoms with van der Waals surface area (Å²) in [6.45, 7) is 1.59. The largest absolute Gasteiger partial charge is 0.439 e. The van der Waals surface area contributed by atoms with Crippen molar-refractivity contribution in [3.05, 3.63) is 55.8 Å². The van der Waals surface area contributed by atoms with Gasteiger partial charge in [0.05, 0.1) is 16.1 Å². The number of nitrogens with zero attached hydrogens (tertiary/aromatic N) is 2. The molecule has 11 heteroatoms. The fourth-order valence-electron chi connectivity index (χ4n) is 2.60. The second kappa shape index (κ2) is 8.73. The number of hydrogen-bond acceptors (Lipinski definition) is 8. The summed E-state index contributed by atoms with van der Waals surface area (Å²) in [4.78, 5) is 41.1. The zero-order valence-corrected chi connectivity index (χ0v) is 16.6. The Hall–Kier alpha value is -2.75. The van der Waals surface area contributed by atoms with E-state index in [1.54, 1.807) is 6.92 Å². The molecule has 0 spiro atoms. The molecule has 1 aromatic carbocycles. The minimum absolute atomic E-state index is 0.0832. The topological polar surface area (TPSA) is 135 Å². The predicted molar refractivity (Wildman–Crippen MR) is 104 cm³/mol. The predicted octanol–water partition coefficient (Wildman–Crippen LogP) is 2.15. The molecule has 1 aromatic heterocycles. The van der Waals surface area contributed by atoms with Gasteiger partial charge in [-0.25, -0.2) is 9.79 Å². The molecule has 0 amide bonds. The molecule has 3 rings (SSSR count). The third-order valence-corrected chi connectivity index (χ3v) is 4.62. The van der Waals surface area contributed by atoms with Crippen molar-refractivity contribution in [2.75, 3.05) is 6.54 Å². The first-order valence-corrected chi connectivity index (χ1v) is 9.26. The molecule has 0 saturated carbocycles. The summed E-state index contributed by atoms with van der Waals surface area (Å²) in [5, 5.41) is 13.5. The maximum Gasteiger partial charge on any atom is 0.439 e. The number of halogens is 2. The van der Waals surface area contributed by atoms with Gasteiger partial charge in [0.15, 0.2) is 11.5 Å². The lowest BCUT2D eigenvalue weighted by Gasteiger charge is -2.17. The van der Waals surface area contributed by atoms with Crippen molar-refractivity contribution < 1.29 is 24.0 Å². The number of aliphatic imine (C=N–C) groups is 1. The van der Waals surface area contributed by atoms with Gasteiger partial charge in [0.2, 0.25) is 17.5 Å². The SMILES string of the molecule is CCC(O)C1=CC(Oc2c(Cl)cc(CC(=O)c3noc(=O)[nH]3)cc2Cl)=NCC1=O. The monoisotopic (exact) mass is 439 g/mol. The standard InChI is InChI=1S/C18H15Cl2N3O6/c1-2-12(24)9-6-15(21-7-14(9)26)28-16-10(19)3-8(4-11(16)20)5-13(25)17-22-18(27)29-23-17/h3-4,6,12,24H,2,5,7H2,1H3,(H,22,23,27). The van der Waals surface area contributed by atoms with Crippen LogP contribution in [0.25, 0.3) is 0 Å². The third kappa shape index (κ3) is 4.81. The van der Waals surface area contributed by atoms with Crippen LogP contribution < -0.4 is 10.5 Å². The summed E-state index contributed by atoms with van der Waals surface area (Å²) in [7, 11) is 0. The van der Waals surface area contributed by atoms with Crippen molar-refractivity contribution in [2.24, 2.45) is 4.99 Å². The van der Waals surface area contributed by atoms with E-state index in [0.29, 0.717) is 12.0 Å². The van der Waals surface area contributed by atoms with Gasteiger partial charge in [0, 0.05) is 18.1 Å². The molecule has 0 radical (unpaired) electrons. The molecule has 9 nitrogen and oxygen atoms in total. The first-order chi connectivity index (χ1) is 13.8. The Labute approximate surface area is 174 Å². The zero-order chi connectivity index (χ0) is 21.1. The number of Topliss-reactive ketones (excluding diaryl/α,β-unsaturated/α-hetero) is 2. The van der Waals surface area contributed by atoms with E-state index in [0.717, 1.165) is 0 Å². The van der Waals surface area contributed by atoms with Crippen LogP contribution in [0.1, 0.15) is 29.5 Å². The highest BCUT2D eigenvalue weighted by Crippen LogP contribution is 2.35. The quantitative estimate of drug-likeness (QED) is 0.658. The van der Waals surface area contributed by atoms with Crippen LogP contribution in [-0.4, -0.2) is 45.4 Å². The average molecular weight is 440 g/mol. The molecule has 2 aromatic rings. The van der Waals surface area contributed by atoms with Gasteiger partial charge in [-0.05, 0) is 24.1 Å². The van der Waals surface area contributed by atoms with Gasteiger partial charge >= 0.3 is 5.76 Å². The third-order valence-electron chi connectivity index (χ3n) is 4.06. The highest BCUT2D eigenvalue weighted by Gasteiger charge is 2.23. The Morgan fingerprint density at radius 2 is 2.03 bits per heavy atom. The lowest BCUT2D eigenvalue weighted by Crippen LogP contribution is -2.26. The molecule has 0 saturated heterocycles. The van der Waals surface area contributed by atoms with Crippen LogP contribution in [0.4, 0.5) is 0 Å². The molecule has 0 fully saturated rings. The number of H-pyrrole nitrogens is 1. The summed E-state index contributed by atoms with van der Waals surface area (Å²) in [6.07, 6.45) is 0.667. The highest BCUT2D eigenvalue weighted by atomic mass is 35.5. The van der Waals surface area contributed by atoms with Crippen LogP contribution in [0, 0.1) is 0 Å². The number of aliphatic hydroxyl groups is 1. The van der Waals surface area contributed by atoms with E-state index in [1.165, 1.54) is 18.2 Å². The minimum Gasteiger partial charge on any atom is -0.436 e. The van der Waals surface area contributed by atoms with Gasteiger partial charge in [-0.15, -0.1) is 0 Å². The van der Waals surface area contributed by atoms with Gasteiger partial charge in [0.1, 0.15) is 6.54 Å². The molecular formula is C18H15Cl2N3O6. The average Bonchev–Trinajstić information content (AvgIpc) is 3.12. The number of benzene rings is 1. The summed E-state index contributed by atoms with van der Waals surface area (Å²) in [5.74, 6) is -1.65. The van der Waals surface area contributed by atoms with Crippen molar-refractivity contribution in [1.82, 2.24) is 10.1 Å². The van der Waals surface area contributed by atoms with Crippen molar-refractivity contribution in [2.45, 2.75) is 25.9 Å². The number of aromatic amines is 1. The van der Waals surface area contributed by atoms with Crippen LogP contribution >= 0.6 is 23.2 Å². The van der Waals surface area contributed by atoms with E-state index in [-0.39, 0.29) is 51.8 Å². The van der Waals surface area contributed by atoms with Crippen LogP contribution in [0.15, 0.2) is 38.1 Å². The van der Waals surface area contributed by atoms with E-state index in [2.05, 4.69) is 19.7 Å². The fourth-order valence-corrected chi connectivity index (χ4v) is 3.21. The van der Waals surface area contributed by atoms with E-state index < -0.39 is 17.6 Å². The Kier molecular flexibility index (Phi) is 6.31. The number of ketones is 2. The van der Waals surface area contributed by atoms with Crippen LogP contribution in [0.3, 0.4) is 0 Å². The normalized spacial score (nSPS) is 15.0. The molecule has 1 aliphatic rings. The second-order valence-corrected chi connectivity index (χ2v) is 6.95. The molecule has 1 aliphatic heterocycles. The Balaban J connectivity index is 1.79. The lowest BCUT2D eigenvalue weighted by atomic mass is 10.0. The van der Waals surface area contributed by atoms with Gasteiger partial charge in [0.25, 0.3) is 0 Å². The van der Waals surface area contributed by atoms with E-state index >= 15 is 0 Å². The number of rotatable bonds is 6. The van der Waals surface area contributed by atoms with Gasteiger partial charge in [-0.3, -0.25) is 19.1 Å². The molecule has 1 atom stereocenters. The number of aliphatic hydroxyl groups excluding tert-OH is 1. The van der Waals surface area contributed by atoms with Crippen LogP contribution in [-0.2, 0) is 11.2 Å². The first kappa shape index (κ1) is 21.0. The number of nitrogens with one attached hydrogen (secondary N) is 1. The van der Waals surface area contributed by atoms with Crippen molar-refractivity contribution in [3.63, 3.8) is 0 Å². The molecule has 2 N–H and O–H groups in total. The fraction of sp³-hybridized carbons (Fsp3) is 0.278. The summed E-state index contributed by atoms with van der Waals surface area (Å²) >= 11 is 12.5. The number of dihydropyridines is 1. The summed E-state index contributed by atoms with van der Waals surface area (Å²) in [5.41, 5.74) is 0.660. The molecule has 0 bridgehead atoms. The zero-order valence-electron chi connectivity index (χ0n) is 15.1. The number of carbonyl (C=O) groups is 2. The van der Waals surface area contributed by atoms with Crippen molar-refractivity contribution >= 4 is 40.7 Å². The minimum atomic E-state index is -0.918. The maximum atomic E-state index is 12.1. The van der Waals surface area contributed by atoms with Gasteiger partial charge in [-0.1, -0.05) is 35.3 Å². The summed E-state index contributed by atoms with van der Waals surface area (Å²) in [6, 6.07) is 2.94. The number of ether oxygens (including phenoxy) is 1. The van der Waals surface area contributed by atoms with Crippen molar-refractivity contribution in [3.8, 4) is 5.75 Å². The van der Waals surface area contributed by atoms with Crippen molar-refractivity contribution in [1.29, 1.82) is 0 Å². The molecule has 1 unspecified atom stereocenters. The maximum absolute atomic E-state index is 12.1. The van der Waals surface area contributed by atoms with Gasteiger partial charge in [-0.2, -0.15) is 0 Å². The molecule has 152 valence electrons. The van der Waals surface area contributed by atoms with Crippen LogP contribution in [0.5, 0.6) is 5.75 Å². The smallest absolute Gasteiger partial charge is 0.436 e. The highest BCUT2D eigenvalue weighted by molar-refractivity contribution is 6.37. The molecular weight excluding hydrogens is 425 g/mol. The van der Waals surface area contributed by atoms with Crippen LogP contribution in [0.2, 0.25) is 10.0 Å². The molecule has 2 heterocycles. The number of aromatic nitrogens is 2. The van der Waals surface area contributed by atoms with Gasteiger partial charge < -0.3 is 9.84 Å². The first-order valence-electron chi connectivity index (χ1n) is 8.50. The Bertz CT molecular complexity index is 1060. The lowest BCUT2D eigenvalue weighted by molar-refractivity contribution is -0.115. The Morgan fingerprint density at radius 1 is 1.34 bits per heavy atom. The van der Waals surface area contributed by atoms with E-state index in [4.69, 9.17) is 27.9 Å². The Morgan fingerprint density at radius 3 is 2.62 bits per heavy atom. The number of carbonyl (C=O) groups excluding carboxylic acids is 2. The summed E-state index contributed by atoms with van der Waals surface area (Å²) < 4.78 is 9.93. The second-order valence-electron chi connectivity index (χ2n) is 6.14. The molecule has 29 heavy (non-hydrogen) atoms. The van der Waals surface area contributed by atoms with E-state index in [1.807, 2.05) is 0 Å². The van der Waals surface area contributed by atoms with E-state index in [9.17, 15) is 19.5 Å².